The van der Waals surface area contributed by atoms with E-state index in [2.05, 4.69) is 44.5 Å². The zero-order valence-corrected chi connectivity index (χ0v) is 43.4. The Morgan fingerprint density at radius 2 is 0.906 bits per heavy atom. The van der Waals surface area contributed by atoms with Crippen LogP contribution in [0.2, 0.25) is 0 Å². The van der Waals surface area contributed by atoms with Crippen molar-refractivity contribution in [1.82, 2.24) is 9.80 Å². The second-order valence-corrected chi connectivity index (χ2v) is 20.6. The molecule has 0 aromatic rings. The number of unbranched alkanes of at least 4 members (excludes halogenated alkanes) is 20. The summed E-state index contributed by atoms with van der Waals surface area (Å²) < 4.78 is 24.8. The molecule has 0 N–H and O–H groups in total. The normalized spacial score (nSPS) is 17.0. The minimum absolute atomic E-state index is 0.00299. The Hall–Kier alpha value is -1.22. The molecule has 0 aromatic carbocycles. The van der Waals surface area contributed by atoms with Gasteiger partial charge in [0, 0.05) is 58.4 Å². The molecule has 2 heterocycles. The molecule has 8 heteroatoms. The number of likely N-dealkylation sites (N-methyl/N-ethyl adjacent to an activating group) is 1. The first kappa shape index (κ1) is 58.9. The topological polar surface area (TPSA) is 77.5 Å². The summed E-state index contributed by atoms with van der Waals surface area (Å²) in [5, 5.41) is 0. The lowest BCUT2D eigenvalue weighted by atomic mass is 9.92. The highest BCUT2D eigenvalue weighted by molar-refractivity contribution is 5.69. The van der Waals surface area contributed by atoms with Crippen LogP contribution >= 0.6 is 0 Å². The molecule has 64 heavy (non-hydrogen) atoms. The molecule has 2 aliphatic rings. The van der Waals surface area contributed by atoms with Gasteiger partial charge in [-0.05, 0) is 63.8 Å². The predicted molar refractivity (Wildman–Crippen MR) is 270 cm³/mol. The molecule has 1 atom stereocenters. The number of hydrogen-bond donors (Lipinski definition) is 0. The Balaban J connectivity index is 1.61. The molecule has 0 radical (unpaired) electrons. The first-order valence-corrected chi connectivity index (χ1v) is 28.4. The van der Waals surface area contributed by atoms with Gasteiger partial charge in [-0.1, -0.05) is 195 Å². The summed E-state index contributed by atoms with van der Waals surface area (Å²) in [6.07, 6.45) is 43.4. The Bertz CT molecular complexity index is 986. The first-order valence-electron chi connectivity index (χ1n) is 28.4. The highest BCUT2D eigenvalue weighted by Gasteiger charge is 2.40. The van der Waals surface area contributed by atoms with Gasteiger partial charge in [0.2, 0.25) is 0 Å². The van der Waals surface area contributed by atoms with E-state index in [1.165, 1.54) is 154 Å². The smallest absolute Gasteiger partial charge is 0.305 e. The second kappa shape index (κ2) is 40.8. The molecule has 0 spiro atoms. The van der Waals surface area contributed by atoms with Gasteiger partial charge in [-0.15, -0.1) is 0 Å². The van der Waals surface area contributed by atoms with Crippen LogP contribution in [0.5, 0.6) is 0 Å². The third kappa shape index (κ3) is 31.7. The molecule has 2 saturated heterocycles. The van der Waals surface area contributed by atoms with Crippen LogP contribution < -0.4 is 0 Å². The zero-order valence-electron chi connectivity index (χ0n) is 43.4. The summed E-state index contributed by atoms with van der Waals surface area (Å²) in [6.45, 7) is 16.7. The molecule has 2 aliphatic heterocycles. The molecule has 2 rings (SSSR count). The molecule has 378 valence electrons. The Morgan fingerprint density at radius 1 is 0.516 bits per heavy atom. The van der Waals surface area contributed by atoms with E-state index in [1.54, 1.807) is 0 Å². The van der Waals surface area contributed by atoms with Gasteiger partial charge in [0.05, 0.1) is 25.9 Å². The van der Waals surface area contributed by atoms with Gasteiger partial charge >= 0.3 is 11.9 Å². The fraction of sp³-hybridized carbons (Fsp3) is 0.964. The monoisotopic (exact) mass is 905 g/mol. The fourth-order valence-electron chi connectivity index (χ4n) is 10.1. The van der Waals surface area contributed by atoms with E-state index in [0.29, 0.717) is 37.9 Å². The predicted octanol–water partition coefficient (Wildman–Crippen LogP) is 15.2. The van der Waals surface area contributed by atoms with Crippen molar-refractivity contribution in [2.45, 2.75) is 277 Å². The summed E-state index contributed by atoms with van der Waals surface area (Å²) in [7, 11) is 2.22. The van der Waals surface area contributed by atoms with Crippen LogP contribution in [-0.4, -0.2) is 93.2 Å². The quantitative estimate of drug-likeness (QED) is 0.0442. The van der Waals surface area contributed by atoms with Crippen LogP contribution in [-0.2, 0) is 28.5 Å². The number of piperazine rings is 1. The van der Waals surface area contributed by atoms with Crippen molar-refractivity contribution in [3.63, 3.8) is 0 Å². The molecule has 0 amide bonds. The Morgan fingerprint density at radius 3 is 1.31 bits per heavy atom. The van der Waals surface area contributed by atoms with Crippen molar-refractivity contribution in [1.29, 1.82) is 0 Å². The van der Waals surface area contributed by atoms with Crippen molar-refractivity contribution in [2.75, 3.05) is 59.6 Å². The van der Waals surface area contributed by atoms with Gasteiger partial charge in [0.1, 0.15) is 0 Å². The molecule has 0 unspecified atom stereocenters. The van der Waals surface area contributed by atoms with Gasteiger partial charge < -0.3 is 28.7 Å². The molecule has 0 bridgehead atoms. The number of esters is 2. The number of carbonyl (C=O) groups excluding carboxylic acids is 2. The van der Waals surface area contributed by atoms with Crippen LogP contribution in [0.15, 0.2) is 0 Å². The lowest BCUT2D eigenvalue weighted by Gasteiger charge is -2.33. The number of hydrogen-bond acceptors (Lipinski definition) is 8. The fourth-order valence-corrected chi connectivity index (χ4v) is 10.1. The van der Waals surface area contributed by atoms with Crippen molar-refractivity contribution >= 4 is 11.9 Å². The maximum Gasteiger partial charge on any atom is 0.305 e. The lowest BCUT2D eigenvalue weighted by Crippen LogP contribution is -2.45. The van der Waals surface area contributed by atoms with E-state index >= 15 is 0 Å². The number of carbonyl (C=O) groups is 2. The summed E-state index contributed by atoms with van der Waals surface area (Å²) in [6, 6.07) is 0. The summed E-state index contributed by atoms with van der Waals surface area (Å²) >= 11 is 0. The average molecular weight is 905 g/mol. The van der Waals surface area contributed by atoms with Crippen molar-refractivity contribution in [3.05, 3.63) is 0 Å². The van der Waals surface area contributed by atoms with Crippen LogP contribution in [0.4, 0.5) is 0 Å². The number of nitrogens with zero attached hydrogens (tertiary/aromatic N) is 2. The maximum absolute atomic E-state index is 12.4. The van der Waals surface area contributed by atoms with E-state index in [9.17, 15) is 9.59 Å². The molecular formula is C56H108N2O6. The summed E-state index contributed by atoms with van der Waals surface area (Å²) in [4.78, 5) is 29.9. The van der Waals surface area contributed by atoms with Crippen molar-refractivity contribution in [2.24, 2.45) is 11.8 Å². The summed E-state index contributed by atoms with van der Waals surface area (Å²) in [5.41, 5.74) is 0. The minimum Gasteiger partial charge on any atom is -0.466 e. The first-order chi connectivity index (χ1) is 31.3. The van der Waals surface area contributed by atoms with Gasteiger partial charge in [-0.25, -0.2) is 0 Å². The van der Waals surface area contributed by atoms with E-state index in [0.717, 1.165) is 110 Å². The van der Waals surface area contributed by atoms with Crippen LogP contribution in [0.25, 0.3) is 0 Å². The van der Waals surface area contributed by atoms with E-state index < -0.39 is 5.79 Å². The highest BCUT2D eigenvalue weighted by Crippen LogP contribution is 2.36. The number of ether oxygens (including phenoxy) is 4. The largest absolute Gasteiger partial charge is 0.466 e. The number of rotatable bonds is 45. The van der Waals surface area contributed by atoms with E-state index in [-0.39, 0.29) is 18.0 Å². The van der Waals surface area contributed by atoms with E-state index in [4.69, 9.17) is 18.9 Å². The molecule has 2 fully saturated rings. The molecule has 0 saturated carbocycles. The second-order valence-electron chi connectivity index (χ2n) is 20.6. The highest BCUT2D eigenvalue weighted by atomic mass is 16.7. The van der Waals surface area contributed by atoms with Crippen LogP contribution in [0.1, 0.15) is 265 Å². The van der Waals surface area contributed by atoms with Crippen molar-refractivity contribution in [3.8, 4) is 0 Å². The Labute approximate surface area is 397 Å². The van der Waals surface area contributed by atoms with Gasteiger partial charge in [-0.3, -0.25) is 9.59 Å². The Kier molecular flexibility index (Phi) is 37.6. The zero-order chi connectivity index (χ0) is 46.2. The minimum atomic E-state index is -0.413. The SMILES string of the molecule is CCCCCC(CCCCC)CCOC(=O)CCCCCCCCCC1(CCCCCCCCCC(=O)OCCC(CCCCC)CCCCC)OC[C@H](CCN2CCN(C)CC2)O1. The molecule has 8 nitrogen and oxygen atoms in total. The molecule has 0 aromatic heterocycles. The van der Waals surface area contributed by atoms with Gasteiger partial charge in [-0.2, -0.15) is 0 Å². The van der Waals surface area contributed by atoms with E-state index in [1.807, 2.05) is 0 Å². The van der Waals surface area contributed by atoms with Crippen molar-refractivity contribution < 1.29 is 28.5 Å². The molecule has 0 aliphatic carbocycles. The maximum atomic E-state index is 12.4. The average Bonchev–Trinajstić information content (AvgIpc) is 3.70. The van der Waals surface area contributed by atoms with Gasteiger partial charge in [0.25, 0.3) is 0 Å². The third-order valence-corrected chi connectivity index (χ3v) is 14.6. The third-order valence-electron chi connectivity index (χ3n) is 14.6. The summed E-state index contributed by atoms with van der Waals surface area (Å²) in [5.74, 6) is 1.02. The standard InChI is InChI=1S/C56H108N2O6/c1-6-10-24-32-51(33-25-11-7-2)39-48-61-54(59)36-28-20-16-14-18-22-30-41-56(63-50-53(64-56)38-43-58-46-44-57(5)45-47-58)42-31-23-19-15-17-21-29-37-55(60)62-49-40-52(34-26-12-8-3)35-27-13-9-4/h51-53H,6-50H2,1-5H3/t53-/m0/s1. The van der Waals surface area contributed by atoms with Crippen LogP contribution in [0, 0.1) is 11.8 Å². The molecular weight excluding hydrogens is 797 g/mol. The van der Waals surface area contributed by atoms with Gasteiger partial charge in [0.15, 0.2) is 5.79 Å². The lowest BCUT2D eigenvalue weighted by molar-refractivity contribution is -0.180. The van der Waals surface area contributed by atoms with Crippen LogP contribution in [0.3, 0.4) is 0 Å².